The minimum Gasteiger partial charge on any atom is -0.449 e. The molecule has 4 aliphatic heterocycles. The van der Waals surface area contributed by atoms with Crippen molar-refractivity contribution < 1.29 is 33.7 Å². The van der Waals surface area contributed by atoms with Gasteiger partial charge in [0.25, 0.3) is 0 Å². The van der Waals surface area contributed by atoms with Crippen molar-refractivity contribution in [2.75, 3.05) is 33.4 Å². The van der Waals surface area contributed by atoms with Gasteiger partial charge in [-0.25, -0.2) is 4.79 Å². The maximum Gasteiger partial charge on any atom is 0.404 e. The molecule has 4 heterocycles. The molecule has 6 atom stereocenters. The van der Waals surface area contributed by atoms with Gasteiger partial charge in [0.15, 0.2) is 11.5 Å². The van der Waals surface area contributed by atoms with Crippen molar-refractivity contribution >= 4 is 17.7 Å². The lowest BCUT2D eigenvalue weighted by molar-refractivity contribution is -0.202. The fourth-order valence-corrected chi connectivity index (χ4v) is 5.98. The Hall–Kier alpha value is -2.01. The summed E-state index contributed by atoms with van der Waals surface area (Å²) in [5, 5.41) is 11.8. The summed E-state index contributed by atoms with van der Waals surface area (Å²) in [6.07, 6.45) is -0.587. The second kappa shape index (κ2) is 6.25. The lowest BCUT2D eigenvalue weighted by Crippen LogP contribution is -2.56. The molecule has 164 valence electrons. The van der Waals surface area contributed by atoms with Crippen molar-refractivity contribution in [3.63, 3.8) is 0 Å². The van der Waals surface area contributed by atoms with Crippen molar-refractivity contribution in [2.24, 2.45) is 23.5 Å². The van der Waals surface area contributed by atoms with Crippen LogP contribution in [-0.2, 0) is 23.8 Å². The topological polar surface area (TPSA) is 131 Å². The van der Waals surface area contributed by atoms with E-state index < -0.39 is 35.2 Å². The number of fused-ring (bicyclic) bond motifs is 4. The van der Waals surface area contributed by atoms with E-state index in [4.69, 9.17) is 19.9 Å². The van der Waals surface area contributed by atoms with Crippen LogP contribution >= 0.6 is 0 Å². The van der Waals surface area contributed by atoms with Crippen molar-refractivity contribution in [3.8, 4) is 0 Å². The molecule has 3 N–H and O–H groups in total. The number of likely N-dealkylation sites (N-methyl/N-ethyl adjacent to an activating group) is 1. The first-order valence-electron chi connectivity index (χ1n) is 10.4. The summed E-state index contributed by atoms with van der Waals surface area (Å²) in [5.41, 5.74) is 3.98. The summed E-state index contributed by atoms with van der Waals surface area (Å²) in [6, 6.07) is -0.198. The number of hydrogen-bond acceptors (Lipinski definition) is 9. The van der Waals surface area contributed by atoms with E-state index in [0.717, 1.165) is 0 Å². The van der Waals surface area contributed by atoms with Gasteiger partial charge in [0.05, 0.1) is 36.8 Å². The zero-order valence-electron chi connectivity index (χ0n) is 17.3. The Bertz CT molecular complexity index is 864. The summed E-state index contributed by atoms with van der Waals surface area (Å²) in [7, 11) is 1.88. The van der Waals surface area contributed by atoms with Gasteiger partial charge in [0, 0.05) is 18.2 Å². The van der Waals surface area contributed by atoms with Crippen LogP contribution in [0.25, 0.3) is 0 Å². The number of rotatable bonds is 4. The number of aliphatic hydroxyl groups is 1. The van der Waals surface area contributed by atoms with Gasteiger partial charge in [-0.05, 0) is 19.4 Å². The number of Topliss-reactive ketones (excluding diaryl/α,β-unsaturated/α-hetero) is 2. The summed E-state index contributed by atoms with van der Waals surface area (Å²) in [4.78, 5) is 42.5. The summed E-state index contributed by atoms with van der Waals surface area (Å²) >= 11 is 0. The number of piperazine rings is 1. The molecule has 3 saturated heterocycles. The molecule has 10 nitrogen and oxygen atoms in total. The number of amides is 1. The molecule has 30 heavy (non-hydrogen) atoms. The van der Waals surface area contributed by atoms with Crippen LogP contribution in [0.3, 0.4) is 0 Å². The highest BCUT2D eigenvalue weighted by molar-refractivity contribution is 6.17. The van der Waals surface area contributed by atoms with Gasteiger partial charge >= 0.3 is 6.09 Å². The molecule has 0 bridgehead atoms. The molecule has 2 unspecified atom stereocenters. The zero-order chi connectivity index (χ0) is 21.6. The maximum absolute atomic E-state index is 13.8. The highest BCUT2D eigenvalue weighted by Gasteiger charge is 2.76. The van der Waals surface area contributed by atoms with Crippen molar-refractivity contribution in [2.45, 2.75) is 43.9 Å². The lowest BCUT2D eigenvalue weighted by atomic mass is 9.73. The predicted octanol–water partition coefficient (Wildman–Crippen LogP) is -0.790. The van der Waals surface area contributed by atoms with Gasteiger partial charge in [-0.15, -0.1) is 0 Å². The highest BCUT2D eigenvalue weighted by Crippen LogP contribution is 2.59. The minimum atomic E-state index is -1.68. The quantitative estimate of drug-likeness (QED) is 0.561. The number of allylic oxidation sites excluding steroid dienone is 1. The number of ketones is 2. The molecular weight excluding hydrogens is 394 g/mol. The van der Waals surface area contributed by atoms with Gasteiger partial charge in [0.2, 0.25) is 11.6 Å². The van der Waals surface area contributed by atoms with Crippen LogP contribution in [0.4, 0.5) is 4.79 Å². The van der Waals surface area contributed by atoms with E-state index in [1.165, 1.54) is 0 Å². The Kier molecular flexibility index (Phi) is 4.15. The van der Waals surface area contributed by atoms with Gasteiger partial charge in [0.1, 0.15) is 6.61 Å². The molecule has 0 saturated carbocycles. The maximum atomic E-state index is 13.8. The minimum absolute atomic E-state index is 0.0708. The predicted molar refractivity (Wildman–Crippen MR) is 101 cm³/mol. The number of nitrogens with two attached hydrogens (primary N) is 1. The number of carbonyl (C=O) groups is 3. The summed E-state index contributed by atoms with van der Waals surface area (Å²) in [6.45, 7) is 4.48. The van der Waals surface area contributed by atoms with E-state index >= 15 is 0 Å². The first-order chi connectivity index (χ1) is 14.1. The van der Waals surface area contributed by atoms with E-state index in [0.29, 0.717) is 13.0 Å². The third-order valence-electron chi connectivity index (χ3n) is 7.25. The molecule has 0 aromatic carbocycles. The van der Waals surface area contributed by atoms with Crippen LogP contribution in [-0.4, -0.2) is 89.6 Å². The van der Waals surface area contributed by atoms with E-state index in [-0.39, 0.29) is 54.9 Å². The zero-order valence-corrected chi connectivity index (χ0v) is 17.3. The number of carbonyl (C=O) groups excluding carboxylic acids is 3. The number of hydrogen-bond donors (Lipinski definition) is 2. The van der Waals surface area contributed by atoms with Gasteiger partial charge in [-0.2, -0.15) is 0 Å². The Labute approximate surface area is 173 Å². The van der Waals surface area contributed by atoms with E-state index in [9.17, 15) is 19.5 Å². The first-order valence-corrected chi connectivity index (χ1v) is 10.4. The van der Waals surface area contributed by atoms with Crippen LogP contribution in [0, 0.1) is 17.8 Å². The monoisotopic (exact) mass is 421 g/mol. The molecule has 1 spiro atoms. The standard InChI is InChI=1S/C20H27N3O7/c1-9(2)6-10-15(24)14-13(17(25)20(10)29-4-5-30-20)11(8-28-18(21)26)19(27)16-12(22(16)3)7-23(14)19/h9-12,16,27H,4-8H2,1-3H3,(H2,21,26)/t10?,11-,12-,16-,19+,22?/m0/s1. The smallest absolute Gasteiger partial charge is 0.404 e. The molecule has 10 heteroatoms. The molecule has 5 rings (SSSR count). The Morgan fingerprint density at radius 3 is 2.57 bits per heavy atom. The Morgan fingerprint density at radius 2 is 1.97 bits per heavy atom. The fraction of sp³-hybridized carbons (Fsp3) is 0.750. The first kappa shape index (κ1) is 19.9. The average Bonchev–Trinajstić information content (AvgIpc) is 3.02. The number of ether oxygens (including phenoxy) is 3. The van der Waals surface area contributed by atoms with Crippen LogP contribution in [0.15, 0.2) is 11.3 Å². The third-order valence-corrected chi connectivity index (χ3v) is 7.25. The molecule has 3 fully saturated rings. The fourth-order valence-electron chi connectivity index (χ4n) is 5.98. The largest absolute Gasteiger partial charge is 0.449 e. The number of nitrogens with zero attached hydrogens (tertiary/aromatic N) is 2. The van der Waals surface area contributed by atoms with Gasteiger partial charge in [-0.1, -0.05) is 13.8 Å². The number of primary amides is 1. The average molecular weight is 421 g/mol. The molecule has 0 aromatic heterocycles. The molecule has 1 aliphatic carbocycles. The van der Waals surface area contributed by atoms with Crippen LogP contribution in [0.5, 0.6) is 0 Å². The summed E-state index contributed by atoms with van der Waals surface area (Å²) in [5.74, 6) is -3.98. The van der Waals surface area contributed by atoms with Crippen LogP contribution < -0.4 is 5.73 Å². The van der Waals surface area contributed by atoms with Crippen molar-refractivity contribution in [3.05, 3.63) is 11.3 Å². The SMILES string of the molecule is CC(C)CC1C(=O)C2=C(C(=O)C13OCCO3)[C@H](COC(N)=O)[C@@]1(O)[C@@H]3[C@H](CN21)N3C. The Morgan fingerprint density at radius 1 is 1.30 bits per heavy atom. The van der Waals surface area contributed by atoms with Crippen LogP contribution in [0.1, 0.15) is 20.3 Å². The van der Waals surface area contributed by atoms with Crippen LogP contribution in [0.2, 0.25) is 0 Å². The Balaban J connectivity index is 1.63. The van der Waals surface area contributed by atoms with Crippen molar-refractivity contribution in [1.29, 1.82) is 0 Å². The molecular formula is C20H27N3O7. The van der Waals surface area contributed by atoms with Crippen molar-refractivity contribution in [1.82, 2.24) is 9.80 Å². The molecule has 5 aliphatic rings. The second-order valence-electron chi connectivity index (χ2n) is 9.26. The van der Waals surface area contributed by atoms with Gasteiger partial charge < -0.3 is 30.0 Å². The second-order valence-corrected chi connectivity index (χ2v) is 9.26. The molecule has 0 aromatic rings. The van der Waals surface area contributed by atoms with E-state index in [1.807, 2.05) is 25.8 Å². The van der Waals surface area contributed by atoms with E-state index in [2.05, 4.69) is 0 Å². The normalized spacial score (nSPS) is 40.8. The molecule has 1 amide bonds. The highest BCUT2D eigenvalue weighted by atomic mass is 16.7. The lowest BCUT2D eigenvalue weighted by Gasteiger charge is -2.39. The third kappa shape index (κ3) is 2.30. The molecule has 0 radical (unpaired) electrons. The summed E-state index contributed by atoms with van der Waals surface area (Å²) < 4.78 is 16.6. The van der Waals surface area contributed by atoms with E-state index in [1.54, 1.807) is 4.90 Å². The van der Waals surface area contributed by atoms with Gasteiger partial charge in [-0.3, -0.25) is 14.5 Å².